The third kappa shape index (κ3) is 3.16. The van der Waals surface area contributed by atoms with Crippen molar-refractivity contribution in [1.82, 2.24) is 4.98 Å². The van der Waals surface area contributed by atoms with Crippen LogP contribution in [0.5, 0.6) is 0 Å². The van der Waals surface area contributed by atoms with E-state index in [2.05, 4.69) is 4.98 Å². The van der Waals surface area contributed by atoms with Gasteiger partial charge in [-0.15, -0.1) is 0 Å². The number of hydrogen-bond donors (Lipinski definition) is 1. The number of anilines is 1. The van der Waals surface area contributed by atoms with Gasteiger partial charge in [0.1, 0.15) is 11.5 Å². The Hall–Kier alpha value is -1.34. The summed E-state index contributed by atoms with van der Waals surface area (Å²) in [7, 11) is 0. The van der Waals surface area contributed by atoms with Crippen LogP contribution in [0.2, 0.25) is 0 Å². The van der Waals surface area contributed by atoms with Gasteiger partial charge in [-0.1, -0.05) is 6.07 Å². The predicted molar refractivity (Wildman–Crippen MR) is 64.8 cm³/mol. The van der Waals surface area contributed by atoms with E-state index in [4.69, 9.17) is 10.5 Å². The van der Waals surface area contributed by atoms with Crippen LogP contribution in [0.1, 0.15) is 12.6 Å². The van der Waals surface area contributed by atoms with Gasteiger partial charge in [0.2, 0.25) is 0 Å². The Morgan fingerprint density at radius 3 is 2.84 bits per heavy atom. The van der Waals surface area contributed by atoms with Crippen molar-refractivity contribution in [2.75, 3.05) is 24.6 Å². The highest BCUT2D eigenvalue weighted by atomic mass is 19.4. The molecule has 1 aliphatic heterocycles. The molecule has 1 aliphatic rings. The zero-order valence-corrected chi connectivity index (χ0v) is 10.5. The molecule has 0 bridgehead atoms. The molecule has 4 nitrogen and oxygen atoms in total. The first kappa shape index (κ1) is 14.1. The maximum atomic E-state index is 12.6. The topological polar surface area (TPSA) is 51.4 Å². The van der Waals surface area contributed by atoms with E-state index in [9.17, 15) is 13.2 Å². The van der Waals surface area contributed by atoms with E-state index in [0.29, 0.717) is 25.5 Å². The molecule has 7 heteroatoms. The number of nitrogens with zero attached hydrogens (tertiary/aromatic N) is 2. The molecule has 1 aromatic heterocycles. The molecular formula is C12H16F3N3O. The summed E-state index contributed by atoms with van der Waals surface area (Å²) in [6.45, 7) is 3.10. The number of rotatable bonds is 2. The number of pyridine rings is 1. The highest BCUT2D eigenvalue weighted by Gasteiger charge is 2.34. The van der Waals surface area contributed by atoms with Crippen LogP contribution in [-0.4, -0.2) is 36.8 Å². The van der Waals surface area contributed by atoms with Crippen LogP contribution in [0.4, 0.5) is 19.0 Å². The minimum atomic E-state index is -4.43. The summed E-state index contributed by atoms with van der Waals surface area (Å²) in [6.07, 6.45) is -4.61. The summed E-state index contributed by atoms with van der Waals surface area (Å²) in [4.78, 5) is 5.49. The van der Waals surface area contributed by atoms with Crippen LogP contribution >= 0.6 is 0 Å². The number of nitrogens with two attached hydrogens (primary N) is 1. The van der Waals surface area contributed by atoms with Gasteiger partial charge >= 0.3 is 6.18 Å². The number of ether oxygens (including phenoxy) is 1. The SMILES string of the molecule is CC1COC(CN)CN1c1cccc(C(F)(F)F)n1. The van der Waals surface area contributed by atoms with Crippen molar-refractivity contribution in [3.05, 3.63) is 23.9 Å². The Bertz CT molecular complexity index is 438. The zero-order chi connectivity index (χ0) is 14.0. The molecule has 1 aromatic rings. The largest absolute Gasteiger partial charge is 0.433 e. The lowest BCUT2D eigenvalue weighted by atomic mass is 10.2. The van der Waals surface area contributed by atoms with Crippen LogP contribution in [-0.2, 0) is 10.9 Å². The van der Waals surface area contributed by atoms with E-state index < -0.39 is 11.9 Å². The Labute approximate surface area is 109 Å². The van der Waals surface area contributed by atoms with E-state index >= 15 is 0 Å². The Balaban J connectivity index is 2.25. The van der Waals surface area contributed by atoms with Gasteiger partial charge < -0.3 is 15.4 Å². The molecule has 2 unspecified atom stereocenters. The van der Waals surface area contributed by atoms with Crippen molar-refractivity contribution in [3.63, 3.8) is 0 Å². The van der Waals surface area contributed by atoms with Crippen LogP contribution in [0.15, 0.2) is 18.2 Å². The van der Waals surface area contributed by atoms with Crippen molar-refractivity contribution < 1.29 is 17.9 Å². The molecule has 2 atom stereocenters. The molecular weight excluding hydrogens is 259 g/mol. The summed E-state index contributed by atoms with van der Waals surface area (Å²) in [5.41, 5.74) is 4.65. The van der Waals surface area contributed by atoms with Crippen molar-refractivity contribution >= 4 is 5.82 Å². The molecule has 2 heterocycles. The van der Waals surface area contributed by atoms with Gasteiger partial charge in [-0.3, -0.25) is 0 Å². The first-order valence-electron chi connectivity index (χ1n) is 6.04. The van der Waals surface area contributed by atoms with Gasteiger partial charge in [0.25, 0.3) is 0 Å². The van der Waals surface area contributed by atoms with Gasteiger partial charge in [-0.2, -0.15) is 13.2 Å². The third-order valence-corrected chi connectivity index (χ3v) is 3.09. The third-order valence-electron chi connectivity index (χ3n) is 3.09. The minimum absolute atomic E-state index is 0.0289. The molecule has 0 spiro atoms. The second kappa shape index (κ2) is 5.34. The lowest BCUT2D eigenvalue weighted by Gasteiger charge is -2.38. The molecule has 1 fully saturated rings. The van der Waals surface area contributed by atoms with E-state index in [-0.39, 0.29) is 12.1 Å². The zero-order valence-electron chi connectivity index (χ0n) is 10.5. The molecule has 106 valence electrons. The Morgan fingerprint density at radius 1 is 1.47 bits per heavy atom. The van der Waals surface area contributed by atoms with Gasteiger partial charge in [0, 0.05) is 13.1 Å². The van der Waals surface area contributed by atoms with Crippen molar-refractivity contribution in [2.45, 2.75) is 25.2 Å². The first-order valence-corrected chi connectivity index (χ1v) is 6.04. The fourth-order valence-electron chi connectivity index (χ4n) is 2.02. The number of aromatic nitrogens is 1. The summed E-state index contributed by atoms with van der Waals surface area (Å²) < 4.78 is 43.4. The highest BCUT2D eigenvalue weighted by Crippen LogP contribution is 2.29. The highest BCUT2D eigenvalue weighted by molar-refractivity contribution is 5.41. The lowest BCUT2D eigenvalue weighted by Crippen LogP contribution is -2.51. The quantitative estimate of drug-likeness (QED) is 0.891. The van der Waals surface area contributed by atoms with E-state index in [0.717, 1.165) is 6.07 Å². The maximum absolute atomic E-state index is 12.6. The summed E-state index contributed by atoms with van der Waals surface area (Å²) in [5, 5.41) is 0. The van der Waals surface area contributed by atoms with E-state index in [1.165, 1.54) is 6.07 Å². The normalized spacial score (nSPS) is 24.6. The van der Waals surface area contributed by atoms with Crippen molar-refractivity contribution in [3.8, 4) is 0 Å². The minimum Gasteiger partial charge on any atom is -0.373 e. The maximum Gasteiger partial charge on any atom is 0.433 e. The summed E-state index contributed by atoms with van der Waals surface area (Å²) >= 11 is 0. The second-order valence-electron chi connectivity index (χ2n) is 4.57. The van der Waals surface area contributed by atoms with Crippen LogP contribution in [0, 0.1) is 0 Å². The van der Waals surface area contributed by atoms with E-state index in [1.807, 2.05) is 6.92 Å². The molecule has 1 saturated heterocycles. The Morgan fingerprint density at radius 2 is 2.21 bits per heavy atom. The monoisotopic (exact) mass is 275 g/mol. The Kier molecular flexibility index (Phi) is 3.96. The fraction of sp³-hybridized carbons (Fsp3) is 0.583. The molecule has 0 aliphatic carbocycles. The predicted octanol–water partition coefficient (Wildman–Crippen LogP) is 1.65. The number of alkyl halides is 3. The number of halogens is 3. The average Bonchev–Trinajstić information content (AvgIpc) is 2.38. The molecule has 19 heavy (non-hydrogen) atoms. The molecule has 0 radical (unpaired) electrons. The van der Waals surface area contributed by atoms with Crippen LogP contribution in [0.25, 0.3) is 0 Å². The van der Waals surface area contributed by atoms with Crippen LogP contribution in [0.3, 0.4) is 0 Å². The summed E-state index contributed by atoms with van der Waals surface area (Å²) in [6, 6.07) is 3.88. The van der Waals surface area contributed by atoms with Crippen molar-refractivity contribution in [2.24, 2.45) is 5.73 Å². The molecule has 2 rings (SSSR count). The van der Waals surface area contributed by atoms with Gasteiger partial charge in [0.15, 0.2) is 0 Å². The fourth-order valence-corrected chi connectivity index (χ4v) is 2.02. The summed E-state index contributed by atoms with van der Waals surface area (Å²) in [5.74, 6) is 0.309. The molecule has 0 saturated carbocycles. The first-order chi connectivity index (χ1) is 8.91. The molecule has 0 aromatic carbocycles. The standard InChI is InChI=1S/C12H16F3N3O/c1-8-7-19-9(5-16)6-18(8)11-4-2-3-10(17-11)12(13,14)15/h2-4,8-9H,5-7,16H2,1H3. The van der Waals surface area contributed by atoms with Crippen molar-refractivity contribution in [1.29, 1.82) is 0 Å². The second-order valence-corrected chi connectivity index (χ2v) is 4.57. The number of morpholine rings is 1. The van der Waals surface area contributed by atoms with Gasteiger partial charge in [-0.25, -0.2) is 4.98 Å². The van der Waals surface area contributed by atoms with Crippen LogP contribution < -0.4 is 10.6 Å². The molecule has 0 amide bonds. The molecule has 2 N–H and O–H groups in total. The average molecular weight is 275 g/mol. The smallest absolute Gasteiger partial charge is 0.373 e. The number of hydrogen-bond acceptors (Lipinski definition) is 4. The van der Waals surface area contributed by atoms with E-state index in [1.54, 1.807) is 11.0 Å². The lowest BCUT2D eigenvalue weighted by molar-refractivity contribution is -0.141. The van der Waals surface area contributed by atoms with Gasteiger partial charge in [0.05, 0.1) is 18.8 Å². The van der Waals surface area contributed by atoms with Gasteiger partial charge in [-0.05, 0) is 19.1 Å².